The van der Waals surface area contributed by atoms with Crippen LogP contribution in [0.25, 0.3) is 0 Å². The van der Waals surface area contributed by atoms with Gasteiger partial charge in [-0.3, -0.25) is 10.1 Å². The highest BCUT2D eigenvalue weighted by Gasteiger charge is 2.13. The van der Waals surface area contributed by atoms with Crippen LogP contribution in [-0.2, 0) is 6.54 Å². The smallest absolute Gasteiger partial charge is 0.311 e. The number of aromatic nitrogens is 1. The van der Waals surface area contributed by atoms with E-state index in [9.17, 15) is 10.1 Å². The second-order valence-electron chi connectivity index (χ2n) is 3.56. The van der Waals surface area contributed by atoms with Crippen LogP contribution in [-0.4, -0.2) is 9.91 Å². The van der Waals surface area contributed by atoms with E-state index in [0.29, 0.717) is 12.4 Å². The Balaban J connectivity index is 2.14. The highest BCUT2D eigenvalue weighted by Crippen LogP contribution is 2.22. The lowest BCUT2D eigenvalue weighted by molar-refractivity contribution is -0.384. The zero-order valence-corrected chi connectivity index (χ0v) is 10.0. The average Bonchev–Trinajstić information content (AvgIpc) is 2.72. The maximum atomic E-state index is 10.8. The molecule has 17 heavy (non-hydrogen) atoms. The number of rotatable bonds is 4. The van der Waals surface area contributed by atoms with Crippen molar-refractivity contribution in [3.8, 4) is 0 Å². The Morgan fingerprint density at radius 3 is 3.00 bits per heavy atom. The molecule has 0 fully saturated rings. The third-order valence-corrected chi connectivity index (χ3v) is 3.30. The first-order valence-electron chi connectivity index (χ1n) is 5.03. The minimum Gasteiger partial charge on any atom is -0.360 e. The summed E-state index contributed by atoms with van der Waals surface area (Å²) in [5, 5.41) is 17.8. The summed E-state index contributed by atoms with van der Waals surface area (Å²) < 4.78 is 0. The highest BCUT2D eigenvalue weighted by molar-refractivity contribution is 7.08. The Kier molecular flexibility index (Phi) is 3.34. The summed E-state index contributed by atoms with van der Waals surface area (Å²) in [5.41, 5.74) is 2.32. The lowest BCUT2D eigenvalue weighted by atomic mass is 10.2. The van der Waals surface area contributed by atoms with Gasteiger partial charge in [0.1, 0.15) is 0 Å². The fraction of sp³-hybridized carbons (Fsp3) is 0.182. The Morgan fingerprint density at radius 2 is 2.35 bits per heavy atom. The van der Waals surface area contributed by atoms with E-state index in [4.69, 9.17) is 0 Å². The number of hydrogen-bond donors (Lipinski definition) is 1. The summed E-state index contributed by atoms with van der Waals surface area (Å²) in [6.07, 6.45) is 1.54. The van der Waals surface area contributed by atoms with Gasteiger partial charge in [-0.05, 0) is 34.9 Å². The lowest BCUT2D eigenvalue weighted by Crippen LogP contribution is -2.04. The van der Waals surface area contributed by atoms with E-state index >= 15 is 0 Å². The fourth-order valence-electron chi connectivity index (χ4n) is 1.43. The molecule has 0 radical (unpaired) electrons. The Morgan fingerprint density at radius 1 is 1.53 bits per heavy atom. The maximum Gasteiger partial charge on any atom is 0.311 e. The van der Waals surface area contributed by atoms with Gasteiger partial charge in [0.05, 0.1) is 4.92 Å². The topological polar surface area (TPSA) is 68.1 Å². The number of aryl methyl sites for hydroxylation is 1. The van der Waals surface area contributed by atoms with Crippen molar-refractivity contribution in [3.05, 3.63) is 50.3 Å². The van der Waals surface area contributed by atoms with Crippen LogP contribution >= 0.6 is 11.3 Å². The second kappa shape index (κ2) is 4.92. The summed E-state index contributed by atoms with van der Waals surface area (Å²) in [6, 6.07) is 3.00. The van der Waals surface area contributed by atoms with Gasteiger partial charge in [-0.15, -0.1) is 0 Å². The number of nitro groups is 1. The number of nitrogens with one attached hydrogen (secondary N) is 1. The van der Waals surface area contributed by atoms with E-state index in [2.05, 4.69) is 10.3 Å². The zero-order valence-electron chi connectivity index (χ0n) is 9.21. The molecule has 0 saturated carbocycles. The SMILES string of the molecule is Cc1cscc1CNc1ncccc1[N+](=O)[O-]. The summed E-state index contributed by atoms with van der Waals surface area (Å²) in [5.74, 6) is 0.308. The van der Waals surface area contributed by atoms with Crippen LogP contribution in [0, 0.1) is 17.0 Å². The molecule has 0 aliphatic rings. The number of thiophene rings is 1. The third kappa shape index (κ3) is 2.59. The average molecular weight is 249 g/mol. The van der Waals surface area contributed by atoms with Crippen molar-refractivity contribution < 1.29 is 4.92 Å². The minimum atomic E-state index is -0.435. The molecule has 2 aromatic rings. The monoisotopic (exact) mass is 249 g/mol. The van der Waals surface area contributed by atoms with Crippen LogP contribution < -0.4 is 5.32 Å². The molecule has 0 spiro atoms. The summed E-state index contributed by atoms with van der Waals surface area (Å²) >= 11 is 1.62. The molecule has 2 heterocycles. The predicted octanol–water partition coefficient (Wildman–Crippen LogP) is 2.97. The Bertz CT molecular complexity index is 539. The third-order valence-electron chi connectivity index (χ3n) is 2.39. The van der Waals surface area contributed by atoms with Gasteiger partial charge in [-0.2, -0.15) is 11.3 Å². The molecule has 0 bridgehead atoms. The molecule has 0 aromatic carbocycles. The normalized spacial score (nSPS) is 10.2. The van der Waals surface area contributed by atoms with Crippen LogP contribution in [0.4, 0.5) is 11.5 Å². The van der Waals surface area contributed by atoms with Gasteiger partial charge in [0.2, 0.25) is 5.82 Å². The van der Waals surface area contributed by atoms with E-state index in [1.807, 2.05) is 17.7 Å². The number of hydrogen-bond acceptors (Lipinski definition) is 5. The summed E-state index contributed by atoms with van der Waals surface area (Å²) in [4.78, 5) is 14.3. The molecule has 88 valence electrons. The van der Waals surface area contributed by atoms with Gasteiger partial charge < -0.3 is 5.32 Å². The number of anilines is 1. The number of pyridine rings is 1. The van der Waals surface area contributed by atoms with E-state index < -0.39 is 4.92 Å². The molecule has 0 saturated heterocycles. The van der Waals surface area contributed by atoms with Crippen LogP contribution in [0.1, 0.15) is 11.1 Å². The quantitative estimate of drug-likeness (QED) is 0.668. The molecule has 0 aliphatic heterocycles. The molecule has 0 aliphatic carbocycles. The first-order valence-corrected chi connectivity index (χ1v) is 5.97. The largest absolute Gasteiger partial charge is 0.360 e. The second-order valence-corrected chi connectivity index (χ2v) is 4.31. The molecular formula is C11H11N3O2S. The Hall–Kier alpha value is -1.95. The Labute approximate surface area is 102 Å². The van der Waals surface area contributed by atoms with Crippen LogP contribution in [0.2, 0.25) is 0 Å². The molecule has 0 unspecified atom stereocenters. The molecule has 1 N–H and O–H groups in total. The molecular weight excluding hydrogens is 238 g/mol. The van der Waals surface area contributed by atoms with Crippen molar-refractivity contribution in [1.29, 1.82) is 0 Å². The molecule has 0 atom stereocenters. The van der Waals surface area contributed by atoms with E-state index in [-0.39, 0.29) is 5.69 Å². The number of nitrogens with zero attached hydrogens (tertiary/aromatic N) is 2. The van der Waals surface area contributed by atoms with Gasteiger partial charge in [0.25, 0.3) is 0 Å². The van der Waals surface area contributed by atoms with E-state index in [1.54, 1.807) is 17.4 Å². The van der Waals surface area contributed by atoms with Gasteiger partial charge in [0.15, 0.2) is 0 Å². The van der Waals surface area contributed by atoms with E-state index in [1.165, 1.54) is 17.8 Å². The first-order chi connectivity index (χ1) is 8.18. The summed E-state index contributed by atoms with van der Waals surface area (Å²) in [6.45, 7) is 2.56. The van der Waals surface area contributed by atoms with Gasteiger partial charge in [0, 0.05) is 18.8 Å². The molecule has 5 nitrogen and oxygen atoms in total. The van der Waals surface area contributed by atoms with Crippen LogP contribution in [0.5, 0.6) is 0 Å². The standard InChI is InChI=1S/C11H11N3O2S/c1-8-6-17-7-9(8)5-13-11-10(14(15)16)3-2-4-12-11/h2-4,6-7H,5H2,1H3,(H,12,13). The molecule has 2 aromatic heterocycles. The van der Waals surface area contributed by atoms with Gasteiger partial charge >= 0.3 is 5.69 Å². The van der Waals surface area contributed by atoms with Crippen molar-refractivity contribution in [2.24, 2.45) is 0 Å². The molecule has 2 rings (SSSR count). The fourth-order valence-corrected chi connectivity index (χ4v) is 2.28. The zero-order chi connectivity index (χ0) is 12.3. The molecule has 0 amide bonds. The van der Waals surface area contributed by atoms with Crippen molar-refractivity contribution >= 4 is 22.8 Å². The maximum absolute atomic E-state index is 10.8. The van der Waals surface area contributed by atoms with Crippen molar-refractivity contribution in [2.45, 2.75) is 13.5 Å². The summed E-state index contributed by atoms with van der Waals surface area (Å²) in [7, 11) is 0. The van der Waals surface area contributed by atoms with E-state index in [0.717, 1.165) is 5.56 Å². The van der Waals surface area contributed by atoms with Crippen molar-refractivity contribution in [1.82, 2.24) is 4.98 Å². The first kappa shape index (κ1) is 11.5. The predicted molar refractivity (Wildman–Crippen MR) is 67.3 cm³/mol. The van der Waals surface area contributed by atoms with Crippen molar-refractivity contribution in [3.63, 3.8) is 0 Å². The minimum absolute atomic E-state index is 0.000354. The van der Waals surface area contributed by atoms with Crippen LogP contribution in [0.15, 0.2) is 29.1 Å². The van der Waals surface area contributed by atoms with Crippen molar-refractivity contribution in [2.75, 3.05) is 5.32 Å². The molecule has 6 heteroatoms. The highest BCUT2D eigenvalue weighted by atomic mass is 32.1. The van der Waals surface area contributed by atoms with Crippen LogP contribution in [0.3, 0.4) is 0 Å². The van der Waals surface area contributed by atoms with Gasteiger partial charge in [-0.25, -0.2) is 4.98 Å². The lowest BCUT2D eigenvalue weighted by Gasteiger charge is -2.05. The van der Waals surface area contributed by atoms with Gasteiger partial charge in [-0.1, -0.05) is 0 Å².